The molecule has 10 rings (SSSR count). The standard InChI is InChI=1S/C50H36N3O2.Pt/c1-50(2,3)35-24-26-43(40(28-35)31-13-5-4-6-14-31)53-44-21-12-20-36(47(44)52-49(53)39-19-9-10-22-45(39)54)33-16-11-17-34(27-33)42-29-46-41(30-51-42)38-25-23-32-15-7-8-18-37(32)48(38)55-46;/h4-26,28-30,54H,1-3H3;/q-1;. The second kappa shape index (κ2) is 13.8. The third kappa shape index (κ3) is 5.91. The molecule has 0 atom stereocenters. The number of phenolic OH excluding ortho intramolecular Hbond substituents is 1. The van der Waals surface area contributed by atoms with Crippen LogP contribution in [0.15, 0.2) is 162 Å². The molecule has 274 valence electrons. The zero-order valence-electron chi connectivity index (χ0n) is 31.0. The van der Waals surface area contributed by atoms with Crippen LogP contribution in [0.5, 0.6) is 5.75 Å². The third-order valence-electron chi connectivity index (χ3n) is 10.6. The van der Waals surface area contributed by atoms with E-state index in [0.29, 0.717) is 11.4 Å². The number of nitrogens with zero attached hydrogens (tertiary/aromatic N) is 3. The third-order valence-corrected chi connectivity index (χ3v) is 10.6. The van der Waals surface area contributed by atoms with Gasteiger partial charge in [-0.1, -0.05) is 123 Å². The van der Waals surface area contributed by atoms with E-state index in [1.807, 2.05) is 60.8 Å². The van der Waals surface area contributed by atoms with Gasteiger partial charge in [-0.15, -0.1) is 29.8 Å². The Morgan fingerprint density at radius 2 is 1.39 bits per heavy atom. The van der Waals surface area contributed by atoms with E-state index >= 15 is 0 Å². The molecule has 1 N–H and O–H groups in total. The molecule has 0 aliphatic carbocycles. The zero-order valence-corrected chi connectivity index (χ0v) is 33.3. The minimum atomic E-state index is -0.0498. The monoisotopic (exact) mass is 905 g/mol. The number of rotatable bonds is 5. The van der Waals surface area contributed by atoms with Gasteiger partial charge in [0.15, 0.2) is 0 Å². The number of benzene rings is 7. The number of pyridine rings is 1. The second-order valence-corrected chi connectivity index (χ2v) is 15.1. The fourth-order valence-corrected chi connectivity index (χ4v) is 7.77. The SMILES string of the molecule is CC(C)(C)c1ccc(-n2c(-c3ccccc3O)nc3c(-c4[c-]c(-c5cc6oc7c8ccccc8ccc7c6cn5)ccc4)cccc32)c(-c2ccccc2)c1.[Pt]. The summed E-state index contributed by atoms with van der Waals surface area (Å²) in [6.07, 6.45) is 1.90. The summed E-state index contributed by atoms with van der Waals surface area (Å²) in [5, 5.41) is 15.5. The zero-order chi connectivity index (χ0) is 37.3. The first kappa shape index (κ1) is 35.4. The van der Waals surface area contributed by atoms with E-state index in [-0.39, 0.29) is 32.2 Å². The van der Waals surface area contributed by atoms with E-state index in [0.717, 1.165) is 82.9 Å². The summed E-state index contributed by atoms with van der Waals surface area (Å²) in [5.74, 6) is 0.823. The van der Waals surface area contributed by atoms with Crippen molar-refractivity contribution in [3.05, 3.63) is 169 Å². The van der Waals surface area contributed by atoms with Crippen molar-refractivity contribution in [3.8, 4) is 56.3 Å². The second-order valence-electron chi connectivity index (χ2n) is 15.1. The maximum Gasteiger partial charge on any atom is 0.148 e. The van der Waals surface area contributed by atoms with Gasteiger partial charge in [0.2, 0.25) is 0 Å². The summed E-state index contributed by atoms with van der Waals surface area (Å²) in [6.45, 7) is 6.71. The minimum Gasteiger partial charge on any atom is -0.507 e. The number of aromatic nitrogens is 3. The molecule has 7 aromatic carbocycles. The Hall–Kier alpha value is -6.29. The Balaban J connectivity index is 0.00000410. The molecule has 0 saturated heterocycles. The van der Waals surface area contributed by atoms with Gasteiger partial charge in [0.05, 0.1) is 22.3 Å². The molecule has 5 nitrogen and oxygen atoms in total. The average molecular weight is 906 g/mol. The number of furan rings is 1. The average Bonchev–Trinajstić information content (AvgIpc) is 3.79. The largest absolute Gasteiger partial charge is 0.507 e. The summed E-state index contributed by atoms with van der Waals surface area (Å²) in [4.78, 5) is 10.3. The summed E-state index contributed by atoms with van der Waals surface area (Å²) >= 11 is 0. The van der Waals surface area contributed by atoms with Crippen LogP contribution in [0.1, 0.15) is 26.3 Å². The van der Waals surface area contributed by atoms with Crippen LogP contribution in [-0.4, -0.2) is 19.6 Å². The smallest absolute Gasteiger partial charge is 0.148 e. The van der Waals surface area contributed by atoms with Crippen LogP contribution in [0.3, 0.4) is 0 Å². The van der Waals surface area contributed by atoms with E-state index in [4.69, 9.17) is 14.4 Å². The Labute approximate surface area is 339 Å². The van der Waals surface area contributed by atoms with Crippen molar-refractivity contribution in [1.29, 1.82) is 0 Å². The maximum atomic E-state index is 11.2. The van der Waals surface area contributed by atoms with Crippen LogP contribution < -0.4 is 0 Å². The molecule has 3 heterocycles. The van der Waals surface area contributed by atoms with Crippen molar-refractivity contribution in [2.75, 3.05) is 0 Å². The number of para-hydroxylation sites is 2. The van der Waals surface area contributed by atoms with Crippen molar-refractivity contribution in [3.63, 3.8) is 0 Å². The van der Waals surface area contributed by atoms with Crippen LogP contribution in [0, 0.1) is 6.07 Å². The topological polar surface area (TPSA) is 64.1 Å². The molecule has 56 heavy (non-hydrogen) atoms. The summed E-state index contributed by atoms with van der Waals surface area (Å²) in [5.41, 5.74) is 11.8. The van der Waals surface area contributed by atoms with Crippen LogP contribution in [0.25, 0.3) is 94.3 Å². The molecule has 0 aliphatic rings. The first-order valence-electron chi connectivity index (χ1n) is 18.5. The summed E-state index contributed by atoms with van der Waals surface area (Å²) < 4.78 is 8.68. The molecule has 10 aromatic rings. The van der Waals surface area contributed by atoms with E-state index in [9.17, 15) is 5.11 Å². The van der Waals surface area contributed by atoms with Crippen molar-refractivity contribution in [1.82, 2.24) is 14.5 Å². The Morgan fingerprint density at radius 3 is 2.23 bits per heavy atom. The fraction of sp³-hybridized carbons (Fsp3) is 0.0800. The van der Waals surface area contributed by atoms with Crippen LogP contribution >= 0.6 is 0 Å². The van der Waals surface area contributed by atoms with Gasteiger partial charge in [-0.3, -0.25) is 9.55 Å². The summed E-state index contributed by atoms with van der Waals surface area (Å²) in [7, 11) is 0. The Bertz CT molecular complexity index is 3100. The number of fused-ring (bicyclic) bond motifs is 6. The number of aromatic hydroxyl groups is 1. The van der Waals surface area contributed by atoms with Crippen molar-refractivity contribution >= 4 is 43.7 Å². The van der Waals surface area contributed by atoms with Gasteiger partial charge in [0.1, 0.15) is 22.7 Å². The normalized spacial score (nSPS) is 11.8. The van der Waals surface area contributed by atoms with Gasteiger partial charge in [-0.2, -0.15) is 0 Å². The molecule has 0 aliphatic heterocycles. The Morgan fingerprint density at radius 1 is 0.643 bits per heavy atom. The minimum absolute atomic E-state index is 0. The van der Waals surface area contributed by atoms with Crippen molar-refractivity contribution in [2.24, 2.45) is 0 Å². The molecular weight excluding hydrogens is 870 g/mol. The van der Waals surface area contributed by atoms with Gasteiger partial charge < -0.3 is 9.52 Å². The molecule has 0 bridgehead atoms. The van der Waals surface area contributed by atoms with E-state index in [1.54, 1.807) is 6.07 Å². The van der Waals surface area contributed by atoms with Gasteiger partial charge in [0.25, 0.3) is 0 Å². The predicted octanol–water partition coefficient (Wildman–Crippen LogP) is 12.9. The fourth-order valence-electron chi connectivity index (χ4n) is 7.77. The molecule has 0 saturated carbocycles. The van der Waals surface area contributed by atoms with Crippen LogP contribution in [-0.2, 0) is 26.5 Å². The van der Waals surface area contributed by atoms with E-state index in [2.05, 4.69) is 122 Å². The molecular formula is C50H36N3O2Pt-. The molecule has 0 radical (unpaired) electrons. The molecule has 0 unspecified atom stereocenters. The molecule has 6 heteroatoms. The van der Waals surface area contributed by atoms with Crippen molar-refractivity contribution < 1.29 is 30.6 Å². The molecule has 0 spiro atoms. The molecule has 0 fully saturated rings. The first-order chi connectivity index (χ1) is 26.8. The maximum absolute atomic E-state index is 11.2. The van der Waals surface area contributed by atoms with Crippen molar-refractivity contribution in [2.45, 2.75) is 26.2 Å². The molecule has 0 amide bonds. The quantitative estimate of drug-likeness (QED) is 0.175. The number of hydrogen-bond acceptors (Lipinski definition) is 4. The van der Waals surface area contributed by atoms with Gasteiger partial charge in [-0.05, 0) is 64.4 Å². The Kier molecular flexibility index (Phi) is 8.71. The van der Waals surface area contributed by atoms with Crippen LogP contribution in [0.2, 0.25) is 0 Å². The summed E-state index contributed by atoms with van der Waals surface area (Å²) in [6, 6.07) is 55.2. The van der Waals surface area contributed by atoms with Crippen LogP contribution in [0.4, 0.5) is 0 Å². The van der Waals surface area contributed by atoms with Gasteiger partial charge in [-0.25, -0.2) is 4.98 Å². The van der Waals surface area contributed by atoms with E-state index < -0.39 is 0 Å². The first-order valence-corrected chi connectivity index (χ1v) is 18.5. The number of imidazole rings is 1. The molecule has 3 aromatic heterocycles. The van der Waals surface area contributed by atoms with Gasteiger partial charge in [0, 0.05) is 54.7 Å². The predicted molar refractivity (Wildman–Crippen MR) is 225 cm³/mol. The van der Waals surface area contributed by atoms with E-state index in [1.165, 1.54) is 5.56 Å². The number of hydrogen-bond donors (Lipinski definition) is 1. The van der Waals surface area contributed by atoms with Gasteiger partial charge >= 0.3 is 0 Å². The number of phenols is 1.